The summed E-state index contributed by atoms with van der Waals surface area (Å²) in [5, 5.41) is 3.42. The molecule has 2 fully saturated rings. The van der Waals surface area contributed by atoms with E-state index >= 15 is 0 Å². The molecule has 0 bridgehead atoms. The van der Waals surface area contributed by atoms with E-state index in [1.165, 1.54) is 12.5 Å². The van der Waals surface area contributed by atoms with Crippen molar-refractivity contribution in [2.75, 3.05) is 19.6 Å². The molecular formula is C17H23FN2O. The number of carbonyl (C=O) groups excluding carboxylic acids is 1. The summed E-state index contributed by atoms with van der Waals surface area (Å²) in [5.74, 6) is -0.541. The second-order valence-corrected chi connectivity index (χ2v) is 6.40. The van der Waals surface area contributed by atoms with Gasteiger partial charge in [-0.1, -0.05) is 25.3 Å². The topological polar surface area (TPSA) is 32.3 Å². The first-order valence-electron chi connectivity index (χ1n) is 7.91. The number of nitrogens with zero attached hydrogens (tertiary/aromatic N) is 1. The highest BCUT2D eigenvalue weighted by Gasteiger charge is 2.42. The van der Waals surface area contributed by atoms with Crippen molar-refractivity contribution in [1.82, 2.24) is 10.2 Å². The normalized spacial score (nSPS) is 21.5. The van der Waals surface area contributed by atoms with Gasteiger partial charge in [-0.2, -0.15) is 0 Å². The molecule has 114 valence electrons. The zero-order valence-corrected chi connectivity index (χ0v) is 12.6. The number of hydrogen-bond donors (Lipinski definition) is 1. The Balaban J connectivity index is 1.90. The van der Waals surface area contributed by atoms with Gasteiger partial charge < -0.3 is 10.2 Å². The van der Waals surface area contributed by atoms with Gasteiger partial charge in [-0.15, -0.1) is 0 Å². The molecule has 21 heavy (non-hydrogen) atoms. The van der Waals surface area contributed by atoms with Gasteiger partial charge >= 0.3 is 0 Å². The van der Waals surface area contributed by atoms with Crippen molar-refractivity contribution >= 4 is 5.91 Å². The monoisotopic (exact) mass is 290 g/mol. The van der Waals surface area contributed by atoms with E-state index in [-0.39, 0.29) is 17.0 Å². The summed E-state index contributed by atoms with van der Waals surface area (Å²) >= 11 is 0. The summed E-state index contributed by atoms with van der Waals surface area (Å²) in [6.45, 7) is 4.14. The number of carbonyl (C=O) groups is 1. The molecule has 2 aliphatic rings. The van der Waals surface area contributed by atoms with E-state index in [9.17, 15) is 9.18 Å². The third-order valence-electron chi connectivity index (χ3n) is 4.92. The Labute approximate surface area is 125 Å². The molecule has 0 aromatic heterocycles. The second kappa shape index (κ2) is 5.76. The van der Waals surface area contributed by atoms with Crippen LogP contribution in [0.25, 0.3) is 0 Å². The second-order valence-electron chi connectivity index (χ2n) is 6.40. The molecule has 0 atom stereocenters. The molecule has 1 aliphatic carbocycles. The highest BCUT2D eigenvalue weighted by atomic mass is 19.1. The lowest BCUT2D eigenvalue weighted by molar-refractivity contribution is 0.0219. The largest absolute Gasteiger partial charge is 0.330 e. The Morgan fingerprint density at radius 3 is 2.76 bits per heavy atom. The van der Waals surface area contributed by atoms with Crippen molar-refractivity contribution in [1.29, 1.82) is 0 Å². The van der Waals surface area contributed by atoms with E-state index in [0.717, 1.165) is 44.3 Å². The van der Waals surface area contributed by atoms with Gasteiger partial charge in [0, 0.05) is 19.6 Å². The fourth-order valence-electron chi connectivity index (χ4n) is 3.76. The molecule has 1 heterocycles. The number of halogens is 1. The van der Waals surface area contributed by atoms with Crippen molar-refractivity contribution in [3.8, 4) is 0 Å². The van der Waals surface area contributed by atoms with E-state index < -0.39 is 5.82 Å². The van der Waals surface area contributed by atoms with E-state index in [1.54, 1.807) is 6.07 Å². The highest BCUT2D eigenvalue weighted by molar-refractivity contribution is 5.95. The Bertz CT molecular complexity index is 529. The number of benzene rings is 1. The third kappa shape index (κ3) is 2.69. The molecular weight excluding hydrogens is 267 g/mol. The number of hydrogen-bond acceptors (Lipinski definition) is 2. The predicted molar refractivity (Wildman–Crippen MR) is 80.9 cm³/mol. The minimum atomic E-state index is -0.399. The lowest BCUT2D eigenvalue weighted by Crippen LogP contribution is -2.63. The Kier molecular flexibility index (Phi) is 3.98. The molecule has 1 aromatic rings. The summed E-state index contributed by atoms with van der Waals surface area (Å²) in [6.07, 6.45) is 5.60. The average Bonchev–Trinajstić information content (AvgIpc) is 2.48. The van der Waals surface area contributed by atoms with Crippen LogP contribution in [-0.4, -0.2) is 36.0 Å². The maximum absolute atomic E-state index is 14.1. The van der Waals surface area contributed by atoms with Crippen LogP contribution in [0, 0.1) is 12.7 Å². The van der Waals surface area contributed by atoms with E-state index in [1.807, 2.05) is 17.9 Å². The number of nitrogens with one attached hydrogen (secondary N) is 1. The highest BCUT2D eigenvalue weighted by Crippen LogP contribution is 2.35. The van der Waals surface area contributed by atoms with Crippen LogP contribution in [0.5, 0.6) is 0 Å². The maximum Gasteiger partial charge on any atom is 0.257 e. The van der Waals surface area contributed by atoms with Gasteiger partial charge in [0.2, 0.25) is 0 Å². The van der Waals surface area contributed by atoms with Gasteiger partial charge in [-0.05, 0) is 37.5 Å². The molecule has 1 saturated carbocycles. The van der Waals surface area contributed by atoms with E-state index in [2.05, 4.69) is 5.32 Å². The lowest BCUT2D eigenvalue weighted by Gasteiger charge is -2.49. The first-order chi connectivity index (χ1) is 10.1. The van der Waals surface area contributed by atoms with Gasteiger partial charge in [0.15, 0.2) is 0 Å². The van der Waals surface area contributed by atoms with Gasteiger partial charge in [0.1, 0.15) is 5.82 Å². The zero-order valence-electron chi connectivity index (χ0n) is 12.6. The molecule has 1 aliphatic heterocycles. The Morgan fingerprint density at radius 2 is 2.05 bits per heavy atom. The molecule has 1 aromatic carbocycles. The van der Waals surface area contributed by atoms with Crippen molar-refractivity contribution < 1.29 is 9.18 Å². The minimum absolute atomic E-state index is 0.106. The summed E-state index contributed by atoms with van der Waals surface area (Å²) in [4.78, 5) is 14.8. The first kappa shape index (κ1) is 14.5. The molecule has 1 amide bonds. The number of aryl methyl sites for hydroxylation is 1. The molecule has 3 rings (SSSR count). The third-order valence-corrected chi connectivity index (χ3v) is 4.92. The molecule has 1 saturated heterocycles. The molecule has 4 heteroatoms. The minimum Gasteiger partial charge on any atom is -0.330 e. The fraction of sp³-hybridized carbons (Fsp3) is 0.588. The molecule has 1 spiro atoms. The van der Waals surface area contributed by atoms with Gasteiger partial charge in [-0.25, -0.2) is 4.39 Å². The van der Waals surface area contributed by atoms with Gasteiger partial charge in [-0.3, -0.25) is 4.79 Å². The lowest BCUT2D eigenvalue weighted by atomic mass is 9.78. The van der Waals surface area contributed by atoms with Crippen LogP contribution in [-0.2, 0) is 0 Å². The number of rotatable bonds is 1. The van der Waals surface area contributed by atoms with Crippen LogP contribution < -0.4 is 5.32 Å². The number of piperazine rings is 1. The van der Waals surface area contributed by atoms with Crippen molar-refractivity contribution in [3.63, 3.8) is 0 Å². The van der Waals surface area contributed by atoms with Crippen LogP contribution in [0.4, 0.5) is 4.39 Å². The molecule has 0 unspecified atom stereocenters. The molecule has 0 radical (unpaired) electrons. The maximum atomic E-state index is 14.1. The zero-order chi connectivity index (χ0) is 14.9. The van der Waals surface area contributed by atoms with E-state index in [0.29, 0.717) is 6.54 Å². The fourth-order valence-corrected chi connectivity index (χ4v) is 3.76. The summed E-state index contributed by atoms with van der Waals surface area (Å²) in [5.41, 5.74) is 0.953. The molecule has 1 N–H and O–H groups in total. The Morgan fingerprint density at radius 1 is 1.29 bits per heavy atom. The average molecular weight is 290 g/mol. The first-order valence-corrected chi connectivity index (χ1v) is 7.91. The SMILES string of the molecule is Cc1ccc(C(=O)N2CCNCC23CCCCC3)c(F)c1. The number of amides is 1. The van der Waals surface area contributed by atoms with Crippen molar-refractivity contribution in [2.45, 2.75) is 44.6 Å². The quantitative estimate of drug-likeness (QED) is 0.862. The van der Waals surface area contributed by atoms with Gasteiger partial charge in [0.25, 0.3) is 5.91 Å². The van der Waals surface area contributed by atoms with Crippen LogP contribution >= 0.6 is 0 Å². The van der Waals surface area contributed by atoms with Crippen LogP contribution in [0.15, 0.2) is 18.2 Å². The Hall–Kier alpha value is -1.42. The summed E-state index contributed by atoms with van der Waals surface area (Å²) in [7, 11) is 0. The summed E-state index contributed by atoms with van der Waals surface area (Å²) < 4.78 is 14.1. The van der Waals surface area contributed by atoms with E-state index in [4.69, 9.17) is 0 Å². The molecule has 3 nitrogen and oxygen atoms in total. The predicted octanol–water partition coefficient (Wildman–Crippen LogP) is 2.88. The van der Waals surface area contributed by atoms with Crippen molar-refractivity contribution in [3.05, 3.63) is 35.1 Å². The van der Waals surface area contributed by atoms with Gasteiger partial charge in [0.05, 0.1) is 11.1 Å². The van der Waals surface area contributed by atoms with Crippen LogP contribution in [0.2, 0.25) is 0 Å². The van der Waals surface area contributed by atoms with Crippen LogP contribution in [0.3, 0.4) is 0 Å². The van der Waals surface area contributed by atoms with Crippen molar-refractivity contribution in [2.24, 2.45) is 0 Å². The standard InChI is InChI=1S/C17H23FN2O/c1-13-5-6-14(15(18)11-13)16(21)20-10-9-19-12-17(20)7-3-2-4-8-17/h5-6,11,19H,2-4,7-10,12H2,1H3. The van der Waals surface area contributed by atoms with Crippen LogP contribution in [0.1, 0.15) is 48.0 Å². The smallest absolute Gasteiger partial charge is 0.257 e. The summed E-state index contributed by atoms with van der Waals surface area (Å²) in [6, 6.07) is 4.89.